The first-order valence-corrected chi connectivity index (χ1v) is 19.2. The highest BCUT2D eigenvalue weighted by Gasteiger charge is 2.21. The molecule has 0 unspecified atom stereocenters. The lowest BCUT2D eigenvalue weighted by Crippen LogP contribution is -2.02. The predicted molar refractivity (Wildman–Crippen MR) is 230 cm³/mol. The maximum atomic E-state index is 5.48. The van der Waals surface area contributed by atoms with Crippen molar-refractivity contribution in [2.45, 2.75) is 13.8 Å². The fraction of sp³-hybridized carbons (Fsp3) is 0.0400. The molecular weight excluding hydrogens is 675 g/mol. The summed E-state index contributed by atoms with van der Waals surface area (Å²) in [5.74, 6) is 0.679. The van der Waals surface area contributed by atoms with E-state index in [0.29, 0.717) is 5.95 Å². The zero-order valence-electron chi connectivity index (χ0n) is 29.8. The van der Waals surface area contributed by atoms with Crippen LogP contribution in [0.15, 0.2) is 164 Å². The molecule has 4 heteroatoms. The summed E-state index contributed by atoms with van der Waals surface area (Å²) in [7, 11) is 0. The molecule has 3 nitrogen and oxygen atoms in total. The second-order valence-corrected chi connectivity index (χ2v) is 15.3. The topological polar surface area (TPSA) is 30.7 Å². The number of aromatic nitrogens is 3. The van der Waals surface area contributed by atoms with Crippen molar-refractivity contribution in [1.82, 2.24) is 14.5 Å². The van der Waals surface area contributed by atoms with E-state index in [9.17, 15) is 0 Å². The number of para-hydroxylation sites is 1. The lowest BCUT2D eigenvalue weighted by atomic mass is 9.92. The van der Waals surface area contributed by atoms with E-state index in [0.717, 1.165) is 37.9 Å². The number of hydrogen-bond acceptors (Lipinski definition) is 3. The van der Waals surface area contributed by atoms with Gasteiger partial charge in [0.15, 0.2) is 0 Å². The molecule has 254 valence electrons. The van der Waals surface area contributed by atoms with E-state index in [-0.39, 0.29) is 0 Å². The maximum Gasteiger partial charge on any atom is 0.235 e. The highest BCUT2D eigenvalue weighted by Crippen LogP contribution is 2.42. The minimum Gasteiger partial charge on any atom is -0.278 e. The van der Waals surface area contributed by atoms with Crippen LogP contribution in [-0.4, -0.2) is 14.5 Å². The van der Waals surface area contributed by atoms with Crippen LogP contribution in [0.25, 0.3) is 103 Å². The molecule has 0 spiro atoms. The summed E-state index contributed by atoms with van der Waals surface area (Å²) in [6, 6.07) is 59.2. The highest BCUT2D eigenvalue weighted by molar-refractivity contribution is 7.26. The van der Waals surface area contributed by atoms with Gasteiger partial charge in [-0.1, -0.05) is 140 Å². The normalized spacial score (nSPS) is 11.9. The second-order valence-electron chi connectivity index (χ2n) is 14.2. The summed E-state index contributed by atoms with van der Waals surface area (Å²) in [6.07, 6.45) is 0. The molecule has 0 N–H and O–H groups in total. The fourth-order valence-corrected chi connectivity index (χ4v) is 9.63. The molecule has 0 saturated carbocycles. The average molecular weight is 708 g/mol. The van der Waals surface area contributed by atoms with E-state index < -0.39 is 0 Å². The molecule has 0 aliphatic rings. The number of rotatable bonds is 4. The van der Waals surface area contributed by atoms with Crippen LogP contribution in [0, 0.1) is 13.8 Å². The largest absolute Gasteiger partial charge is 0.278 e. The Bertz CT molecular complexity index is 3290. The first kappa shape index (κ1) is 31.0. The van der Waals surface area contributed by atoms with Gasteiger partial charge in [-0.05, 0) is 93.0 Å². The zero-order chi connectivity index (χ0) is 35.9. The van der Waals surface area contributed by atoms with Crippen LogP contribution in [0.5, 0.6) is 0 Å². The van der Waals surface area contributed by atoms with Crippen molar-refractivity contribution in [3.05, 3.63) is 175 Å². The minimum absolute atomic E-state index is 0.679. The molecule has 11 rings (SSSR count). The van der Waals surface area contributed by atoms with Crippen molar-refractivity contribution < 1.29 is 0 Å². The summed E-state index contributed by atoms with van der Waals surface area (Å²) in [4.78, 5) is 10.9. The van der Waals surface area contributed by atoms with Crippen LogP contribution < -0.4 is 0 Å². The van der Waals surface area contributed by atoms with Gasteiger partial charge >= 0.3 is 0 Å². The van der Waals surface area contributed by atoms with Crippen LogP contribution in [0.2, 0.25) is 0 Å². The molecule has 0 radical (unpaired) electrons. The summed E-state index contributed by atoms with van der Waals surface area (Å²) in [5, 5.41) is 8.50. The van der Waals surface area contributed by atoms with Crippen molar-refractivity contribution in [1.29, 1.82) is 0 Å². The quantitative estimate of drug-likeness (QED) is 0.182. The van der Waals surface area contributed by atoms with Crippen LogP contribution in [0.4, 0.5) is 0 Å². The summed E-state index contributed by atoms with van der Waals surface area (Å²) >= 11 is 1.77. The highest BCUT2D eigenvalue weighted by atomic mass is 32.1. The minimum atomic E-state index is 0.679. The Morgan fingerprint density at radius 3 is 2.04 bits per heavy atom. The van der Waals surface area contributed by atoms with Gasteiger partial charge in [0.25, 0.3) is 0 Å². The Morgan fingerprint density at radius 2 is 1.17 bits per heavy atom. The lowest BCUT2D eigenvalue weighted by molar-refractivity contribution is 1.02. The van der Waals surface area contributed by atoms with E-state index in [2.05, 4.69) is 182 Å². The van der Waals surface area contributed by atoms with E-state index >= 15 is 0 Å². The monoisotopic (exact) mass is 707 g/mol. The van der Waals surface area contributed by atoms with Gasteiger partial charge in [-0.15, -0.1) is 11.3 Å². The van der Waals surface area contributed by atoms with E-state index in [4.69, 9.17) is 9.97 Å². The Morgan fingerprint density at radius 1 is 0.463 bits per heavy atom. The van der Waals surface area contributed by atoms with Crippen LogP contribution in [0.3, 0.4) is 0 Å². The summed E-state index contributed by atoms with van der Waals surface area (Å²) in [6.45, 7) is 4.45. The van der Waals surface area contributed by atoms with E-state index in [1.807, 2.05) is 0 Å². The molecule has 3 aromatic heterocycles. The number of benzene rings is 8. The first-order chi connectivity index (χ1) is 26.6. The van der Waals surface area contributed by atoms with Crippen molar-refractivity contribution in [3.8, 4) is 39.5 Å². The van der Waals surface area contributed by atoms with Crippen molar-refractivity contribution >= 4 is 75.0 Å². The third kappa shape index (κ3) is 4.67. The molecule has 0 atom stereocenters. The SMILES string of the molecule is Cc1ccccc1-c1ccc2cc3c(cc2c1C)c1ccccc1n3-c1nc(-c2ccc(-c3cccc4ccccc34)cc2)c2sc3ccccc3c2n1. The Kier molecular flexibility index (Phi) is 6.85. The summed E-state index contributed by atoms with van der Waals surface area (Å²) < 4.78 is 4.58. The Hall–Kier alpha value is -6.62. The number of hydrogen-bond donors (Lipinski definition) is 0. The molecule has 54 heavy (non-hydrogen) atoms. The zero-order valence-corrected chi connectivity index (χ0v) is 30.7. The van der Waals surface area contributed by atoms with Gasteiger partial charge in [-0.3, -0.25) is 4.57 Å². The molecule has 0 saturated heterocycles. The molecule has 8 aromatic carbocycles. The fourth-order valence-electron chi connectivity index (χ4n) is 8.48. The molecule has 0 aliphatic carbocycles. The van der Waals surface area contributed by atoms with Crippen molar-refractivity contribution in [2.75, 3.05) is 0 Å². The Labute approximate surface area is 316 Å². The van der Waals surface area contributed by atoms with Gasteiger partial charge < -0.3 is 0 Å². The lowest BCUT2D eigenvalue weighted by Gasteiger charge is -2.13. The first-order valence-electron chi connectivity index (χ1n) is 18.4. The van der Waals surface area contributed by atoms with Gasteiger partial charge in [-0.25, -0.2) is 9.97 Å². The molecule has 0 fully saturated rings. The number of nitrogens with zero attached hydrogens (tertiary/aromatic N) is 3. The average Bonchev–Trinajstić information content (AvgIpc) is 3.76. The maximum absolute atomic E-state index is 5.48. The molecule has 0 amide bonds. The second kappa shape index (κ2) is 12.0. The standard InChI is InChI=1S/C50H33N3S/c1-30-12-3-5-15-36(30)37-27-26-35-28-45-43(29-42(35)31(37)2)40-17-7-9-20-44(40)53(45)50-51-47(49-48(52-50)41-18-8-10-21-46(41)54-49)34-24-22-33(23-25-34)39-19-11-14-32-13-4-6-16-38(32)39/h3-29H,1-2H3. The Balaban J connectivity index is 1.15. The van der Waals surface area contributed by atoms with Crippen LogP contribution in [0.1, 0.15) is 11.1 Å². The number of fused-ring (bicyclic) bond motifs is 8. The van der Waals surface area contributed by atoms with Crippen molar-refractivity contribution in [2.24, 2.45) is 0 Å². The third-order valence-corrected chi connectivity index (χ3v) is 12.4. The van der Waals surface area contributed by atoms with Gasteiger partial charge in [0.05, 0.1) is 26.9 Å². The molecule has 0 aliphatic heterocycles. The predicted octanol–water partition coefficient (Wildman–Crippen LogP) is 13.9. The number of aryl methyl sites for hydroxylation is 2. The summed E-state index contributed by atoms with van der Waals surface area (Å²) in [5.41, 5.74) is 12.7. The van der Waals surface area contributed by atoms with Gasteiger partial charge in [0.1, 0.15) is 0 Å². The molecule has 11 aromatic rings. The smallest absolute Gasteiger partial charge is 0.235 e. The van der Waals surface area contributed by atoms with Gasteiger partial charge in [-0.2, -0.15) is 0 Å². The molecule has 3 heterocycles. The molecular formula is C50H33N3S. The van der Waals surface area contributed by atoms with Crippen LogP contribution >= 0.6 is 11.3 Å². The van der Waals surface area contributed by atoms with Crippen LogP contribution in [-0.2, 0) is 0 Å². The van der Waals surface area contributed by atoms with E-state index in [1.165, 1.54) is 70.4 Å². The van der Waals surface area contributed by atoms with Crippen molar-refractivity contribution in [3.63, 3.8) is 0 Å². The molecule has 0 bridgehead atoms. The third-order valence-electron chi connectivity index (χ3n) is 11.2. The van der Waals surface area contributed by atoms with Gasteiger partial charge in [0.2, 0.25) is 5.95 Å². The van der Waals surface area contributed by atoms with E-state index in [1.54, 1.807) is 11.3 Å². The number of thiophene rings is 1. The van der Waals surface area contributed by atoms with Gasteiger partial charge in [0, 0.05) is 26.4 Å².